The number of rotatable bonds is 6. The van der Waals surface area contributed by atoms with Crippen molar-refractivity contribution in [3.8, 4) is 0 Å². The third kappa shape index (κ3) is 4.04. The van der Waals surface area contributed by atoms with E-state index in [1.807, 2.05) is 18.5 Å². The monoisotopic (exact) mass is 371 g/mol. The van der Waals surface area contributed by atoms with Crippen molar-refractivity contribution in [1.82, 2.24) is 15.2 Å². The molecule has 148 valence electrons. The van der Waals surface area contributed by atoms with Crippen LogP contribution in [0.3, 0.4) is 0 Å². The van der Waals surface area contributed by atoms with Crippen molar-refractivity contribution in [2.24, 2.45) is 17.3 Å². The molecule has 4 heterocycles. The Balaban J connectivity index is 1.33. The van der Waals surface area contributed by atoms with Gasteiger partial charge in [-0.15, -0.1) is 0 Å². The highest BCUT2D eigenvalue weighted by Crippen LogP contribution is 2.54. The second-order valence-corrected chi connectivity index (χ2v) is 9.92. The van der Waals surface area contributed by atoms with Crippen LogP contribution in [0.4, 0.5) is 0 Å². The third-order valence-corrected chi connectivity index (χ3v) is 6.52. The number of nitrogens with one attached hydrogen (secondary N) is 1. The van der Waals surface area contributed by atoms with E-state index in [1.54, 1.807) is 0 Å². The van der Waals surface area contributed by atoms with Crippen LogP contribution in [0.1, 0.15) is 45.6 Å². The molecule has 0 saturated carbocycles. The number of likely N-dealkylation sites (tertiary alicyclic amines) is 1. The summed E-state index contributed by atoms with van der Waals surface area (Å²) in [5, 5.41) is 3.20. The van der Waals surface area contributed by atoms with E-state index in [4.69, 9.17) is 4.74 Å². The standard InChI is InChI=1S/C22H33N3O2/c1-21(2,3)11-20(26)24-13-17-18-14-25(10-7-16-5-4-9-23-12-16)15-22(18)8-6-19(17)27-22/h4-5,9,12,17-19H,6-8,10-11,13-15H2,1-3H3,(H,24,26)/t17-,18+,19+,22+/m0/s1. The predicted octanol–water partition coefficient (Wildman–Crippen LogP) is 2.66. The van der Waals surface area contributed by atoms with Crippen LogP contribution in [0.2, 0.25) is 0 Å². The van der Waals surface area contributed by atoms with E-state index in [0.29, 0.717) is 24.4 Å². The average molecular weight is 372 g/mol. The predicted molar refractivity (Wildman–Crippen MR) is 105 cm³/mol. The Morgan fingerprint density at radius 2 is 2.30 bits per heavy atom. The Morgan fingerprint density at radius 1 is 1.44 bits per heavy atom. The molecular weight excluding hydrogens is 338 g/mol. The van der Waals surface area contributed by atoms with E-state index in [-0.39, 0.29) is 16.9 Å². The van der Waals surface area contributed by atoms with Crippen molar-refractivity contribution in [3.05, 3.63) is 30.1 Å². The number of carbonyl (C=O) groups excluding carboxylic acids is 1. The number of hydrogen-bond donors (Lipinski definition) is 1. The van der Waals surface area contributed by atoms with Crippen molar-refractivity contribution in [1.29, 1.82) is 0 Å². The fourth-order valence-corrected chi connectivity index (χ4v) is 5.34. The fraction of sp³-hybridized carbons (Fsp3) is 0.727. The van der Waals surface area contributed by atoms with E-state index in [0.717, 1.165) is 39.0 Å². The summed E-state index contributed by atoms with van der Waals surface area (Å²) in [6.45, 7) is 10.3. The molecule has 4 atom stereocenters. The summed E-state index contributed by atoms with van der Waals surface area (Å²) in [5.74, 6) is 1.19. The molecule has 5 nitrogen and oxygen atoms in total. The van der Waals surface area contributed by atoms with Gasteiger partial charge in [0.15, 0.2) is 0 Å². The molecule has 27 heavy (non-hydrogen) atoms. The van der Waals surface area contributed by atoms with Gasteiger partial charge in [-0.3, -0.25) is 14.7 Å². The largest absolute Gasteiger partial charge is 0.370 e. The molecule has 1 spiro atoms. The van der Waals surface area contributed by atoms with Crippen molar-refractivity contribution in [2.45, 2.75) is 58.2 Å². The molecule has 3 aliphatic heterocycles. The van der Waals surface area contributed by atoms with Gasteiger partial charge in [-0.05, 0) is 36.3 Å². The first-order valence-electron chi connectivity index (χ1n) is 10.4. The minimum absolute atomic E-state index is 0.0347. The molecule has 3 saturated heterocycles. The van der Waals surface area contributed by atoms with Crippen LogP contribution in [-0.2, 0) is 16.0 Å². The van der Waals surface area contributed by atoms with E-state index < -0.39 is 0 Å². The van der Waals surface area contributed by atoms with Gasteiger partial charge in [-0.25, -0.2) is 0 Å². The van der Waals surface area contributed by atoms with Crippen LogP contribution in [0.15, 0.2) is 24.5 Å². The van der Waals surface area contributed by atoms with Crippen LogP contribution < -0.4 is 5.32 Å². The van der Waals surface area contributed by atoms with Crippen molar-refractivity contribution < 1.29 is 9.53 Å². The number of amides is 1. The zero-order chi connectivity index (χ0) is 19.1. The Morgan fingerprint density at radius 3 is 3.04 bits per heavy atom. The van der Waals surface area contributed by atoms with Crippen molar-refractivity contribution >= 4 is 5.91 Å². The maximum atomic E-state index is 12.3. The summed E-state index contributed by atoms with van der Waals surface area (Å²) < 4.78 is 6.51. The summed E-state index contributed by atoms with van der Waals surface area (Å²) in [6.07, 6.45) is 8.07. The molecule has 0 aliphatic carbocycles. The number of ether oxygens (including phenoxy) is 1. The minimum Gasteiger partial charge on any atom is -0.370 e. The average Bonchev–Trinajstić information content (AvgIpc) is 3.25. The highest BCUT2D eigenvalue weighted by Gasteiger charge is 2.62. The highest BCUT2D eigenvalue weighted by atomic mass is 16.5. The maximum absolute atomic E-state index is 12.3. The van der Waals surface area contributed by atoms with Crippen LogP contribution in [0.25, 0.3) is 0 Å². The van der Waals surface area contributed by atoms with Crippen LogP contribution >= 0.6 is 0 Å². The summed E-state index contributed by atoms with van der Waals surface area (Å²) in [4.78, 5) is 19.0. The summed E-state index contributed by atoms with van der Waals surface area (Å²) >= 11 is 0. The van der Waals surface area contributed by atoms with Gasteiger partial charge in [0.05, 0.1) is 11.7 Å². The van der Waals surface area contributed by atoms with Gasteiger partial charge >= 0.3 is 0 Å². The lowest BCUT2D eigenvalue weighted by atomic mass is 9.73. The molecule has 1 aromatic heterocycles. The van der Waals surface area contributed by atoms with E-state index in [1.165, 1.54) is 12.0 Å². The minimum atomic E-state index is 0.0347. The van der Waals surface area contributed by atoms with Gasteiger partial charge in [0.1, 0.15) is 0 Å². The van der Waals surface area contributed by atoms with Crippen molar-refractivity contribution in [2.75, 3.05) is 26.2 Å². The molecule has 0 unspecified atom stereocenters. The van der Waals surface area contributed by atoms with Crippen LogP contribution in [-0.4, -0.2) is 53.7 Å². The van der Waals surface area contributed by atoms with Gasteiger partial charge in [0.25, 0.3) is 0 Å². The quantitative estimate of drug-likeness (QED) is 0.835. The first kappa shape index (κ1) is 18.9. The molecular formula is C22H33N3O2. The normalized spacial score (nSPS) is 32.6. The Labute approximate surface area is 162 Å². The number of nitrogens with zero attached hydrogens (tertiary/aromatic N) is 2. The number of carbonyl (C=O) groups is 1. The number of pyridine rings is 1. The lowest BCUT2D eigenvalue weighted by molar-refractivity contribution is -0.123. The zero-order valence-electron chi connectivity index (χ0n) is 16.9. The van der Waals surface area contributed by atoms with E-state index in [9.17, 15) is 4.79 Å². The molecule has 1 N–H and O–H groups in total. The molecule has 4 rings (SSSR count). The summed E-state index contributed by atoms with van der Waals surface area (Å²) in [6, 6.07) is 4.16. The maximum Gasteiger partial charge on any atom is 0.220 e. The van der Waals surface area contributed by atoms with Gasteiger partial charge in [0, 0.05) is 56.8 Å². The lowest BCUT2D eigenvalue weighted by Gasteiger charge is -2.30. The second kappa shape index (κ2) is 7.17. The smallest absolute Gasteiger partial charge is 0.220 e. The summed E-state index contributed by atoms with van der Waals surface area (Å²) in [7, 11) is 0. The van der Waals surface area contributed by atoms with Gasteiger partial charge in [0.2, 0.25) is 5.91 Å². The van der Waals surface area contributed by atoms with Gasteiger partial charge in [-0.2, -0.15) is 0 Å². The van der Waals surface area contributed by atoms with Crippen LogP contribution in [0, 0.1) is 17.3 Å². The Bertz CT molecular complexity index is 672. The lowest BCUT2D eigenvalue weighted by Crippen LogP contribution is -2.42. The molecule has 0 aromatic carbocycles. The molecule has 1 aromatic rings. The second-order valence-electron chi connectivity index (χ2n) is 9.92. The van der Waals surface area contributed by atoms with Gasteiger partial charge < -0.3 is 10.1 Å². The van der Waals surface area contributed by atoms with E-state index in [2.05, 4.69) is 42.0 Å². The number of aromatic nitrogens is 1. The van der Waals surface area contributed by atoms with E-state index >= 15 is 0 Å². The Kier molecular flexibility index (Phi) is 5.02. The zero-order valence-corrected chi connectivity index (χ0v) is 16.9. The molecule has 3 fully saturated rings. The first-order valence-corrected chi connectivity index (χ1v) is 10.4. The number of hydrogen-bond acceptors (Lipinski definition) is 4. The highest BCUT2D eigenvalue weighted by molar-refractivity contribution is 5.76. The topological polar surface area (TPSA) is 54.5 Å². The third-order valence-electron chi connectivity index (χ3n) is 6.52. The molecule has 5 heteroatoms. The molecule has 1 amide bonds. The molecule has 3 aliphatic rings. The summed E-state index contributed by atoms with van der Waals surface area (Å²) in [5.41, 5.74) is 1.37. The first-order chi connectivity index (χ1) is 12.8. The SMILES string of the molecule is CC(C)(C)CC(=O)NC[C@H]1[C@H]2CN(CCc3cccnc3)C[C@]23CC[C@H]1O3. The van der Waals surface area contributed by atoms with Gasteiger partial charge in [-0.1, -0.05) is 26.8 Å². The Hall–Kier alpha value is -1.46. The number of fused-ring (bicyclic) bond motifs is 1. The van der Waals surface area contributed by atoms with Crippen LogP contribution in [0.5, 0.6) is 0 Å². The molecule has 2 bridgehead atoms. The fourth-order valence-electron chi connectivity index (χ4n) is 5.34. The van der Waals surface area contributed by atoms with Crippen molar-refractivity contribution in [3.63, 3.8) is 0 Å². The molecule has 0 radical (unpaired) electrons.